The molecule has 0 spiro atoms. The van der Waals surface area contributed by atoms with Gasteiger partial charge in [-0.1, -0.05) is 12.1 Å². The predicted molar refractivity (Wildman–Crippen MR) is 69.3 cm³/mol. The molecule has 4 nitrogen and oxygen atoms in total. The molecule has 4 heteroatoms. The van der Waals surface area contributed by atoms with Gasteiger partial charge in [-0.25, -0.2) is 5.43 Å². The minimum absolute atomic E-state index is 0.157. The fourth-order valence-corrected chi connectivity index (χ4v) is 1.94. The minimum atomic E-state index is -0.157. The van der Waals surface area contributed by atoms with Crippen LogP contribution in [0.2, 0.25) is 0 Å². The second-order valence-electron chi connectivity index (χ2n) is 4.21. The Morgan fingerprint density at radius 3 is 2.53 bits per heavy atom. The summed E-state index contributed by atoms with van der Waals surface area (Å²) in [4.78, 5) is 13.0. The number of hydrogen-bond acceptors (Lipinski definition) is 3. The first-order chi connectivity index (χ1) is 8.25. The van der Waals surface area contributed by atoms with Gasteiger partial charge in [0.15, 0.2) is 0 Å². The highest BCUT2D eigenvalue weighted by atomic mass is 16.2. The molecule has 0 unspecified atom stereocenters. The summed E-state index contributed by atoms with van der Waals surface area (Å²) >= 11 is 0. The third-order valence-corrected chi connectivity index (χ3v) is 2.80. The Hall–Kier alpha value is -1.84. The lowest BCUT2D eigenvalue weighted by Crippen LogP contribution is -2.17. The number of anilines is 1. The summed E-state index contributed by atoms with van der Waals surface area (Å²) in [6.45, 7) is 3.74. The van der Waals surface area contributed by atoms with Crippen molar-refractivity contribution in [2.45, 2.75) is 19.8 Å². The third-order valence-electron chi connectivity index (χ3n) is 2.80. The van der Waals surface area contributed by atoms with Gasteiger partial charge in [-0.15, -0.1) is 0 Å². The first kappa shape index (κ1) is 11.6. The fraction of sp³-hybridized carbons (Fsp3) is 0.385. The molecular formula is C13H17N3O. The molecule has 90 valence electrons. The molecule has 1 saturated heterocycles. The van der Waals surface area contributed by atoms with Crippen molar-refractivity contribution in [2.24, 2.45) is 5.10 Å². The lowest BCUT2D eigenvalue weighted by Gasteiger charge is -2.17. The first-order valence-corrected chi connectivity index (χ1v) is 5.90. The standard InChI is InChI=1S/C13H17N3O/c1-11(17)15-14-10-12-4-6-13(7-5-12)16-8-2-3-9-16/h4-7,10H,2-3,8-9H2,1H3,(H,15,17)/b14-10+. The third kappa shape index (κ3) is 3.31. The van der Waals surface area contributed by atoms with Crippen molar-refractivity contribution < 1.29 is 4.79 Å². The summed E-state index contributed by atoms with van der Waals surface area (Å²) in [6, 6.07) is 8.22. The van der Waals surface area contributed by atoms with Gasteiger partial charge in [0.25, 0.3) is 0 Å². The fourth-order valence-electron chi connectivity index (χ4n) is 1.94. The zero-order valence-electron chi connectivity index (χ0n) is 10.0. The minimum Gasteiger partial charge on any atom is -0.372 e. The molecule has 0 aromatic heterocycles. The molecule has 17 heavy (non-hydrogen) atoms. The maximum Gasteiger partial charge on any atom is 0.236 e. The Labute approximate surface area is 101 Å². The molecule has 2 rings (SSSR count). The summed E-state index contributed by atoms with van der Waals surface area (Å²) in [6.07, 6.45) is 4.21. The molecule has 0 atom stereocenters. The molecule has 1 N–H and O–H groups in total. The molecule has 1 aliphatic rings. The van der Waals surface area contributed by atoms with E-state index in [0.717, 1.165) is 18.7 Å². The van der Waals surface area contributed by atoms with Crippen LogP contribution in [-0.4, -0.2) is 25.2 Å². The van der Waals surface area contributed by atoms with Gasteiger partial charge < -0.3 is 4.90 Å². The number of rotatable bonds is 3. The van der Waals surface area contributed by atoms with E-state index in [0.29, 0.717) is 0 Å². The van der Waals surface area contributed by atoms with E-state index >= 15 is 0 Å². The molecular weight excluding hydrogens is 214 g/mol. The summed E-state index contributed by atoms with van der Waals surface area (Å²) in [5.74, 6) is -0.157. The number of hydrazone groups is 1. The number of carbonyl (C=O) groups excluding carboxylic acids is 1. The van der Waals surface area contributed by atoms with Crippen molar-refractivity contribution >= 4 is 17.8 Å². The average molecular weight is 231 g/mol. The van der Waals surface area contributed by atoms with Gasteiger partial charge in [-0.2, -0.15) is 5.10 Å². The van der Waals surface area contributed by atoms with E-state index in [-0.39, 0.29) is 5.91 Å². The summed E-state index contributed by atoms with van der Waals surface area (Å²) in [5.41, 5.74) is 4.63. The van der Waals surface area contributed by atoms with Crippen LogP contribution in [0.1, 0.15) is 25.3 Å². The quantitative estimate of drug-likeness (QED) is 0.636. The van der Waals surface area contributed by atoms with Gasteiger partial charge in [-0.05, 0) is 30.5 Å². The molecule has 1 aliphatic heterocycles. The lowest BCUT2D eigenvalue weighted by molar-refractivity contribution is -0.118. The highest BCUT2D eigenvalue weighted by molar-refractivity contribution is 5.82. The van der Waals surface area contributed by atoms with Gasteiger partial charge in [0, 0.05) is 25.7 Å². The van der Waals surface area contributed by atoms with Gasteiger partial charge in [0.2, 0.25) is 5.91 Å². The van der Waals surface area contributed by atoms with E-state index in [2.05, 4.69) is 27.6 Å². The van der Waals surface area contributed by atoms with Gasteiger partial charge in [0.1, 0.15) is 0 Å². The molecule has 1 aromatic carbocycles. The van der Waals surface area contributed by atoms with Crippen LogP contribution in [-0.2, 0) is 4.79 Å². The first-order valence-electron chi connectivity index (χ1n) is 5.90. The molecule has 1 amide bonds. The second-order valence-corrected chi connectivity index (χ2v) is 4.21. The Bertz CT molecular complexity index is 405. The Kier molecular flexibility index (Phi) is 3.75. The Balaban J connectivity index is 1.97. The molecule has 0 aliphatic carbocycles. The lowest BCUT2D eigenvalue weighted by atomic mass is 10.2. The number of nitrogens with one attached hydrogen (secondary N) is 1. The number of benzene rings is 1. The van der Waals surface area contributed by atoms with E-state index in [1.165, 1.54) is 25.5 Å². The van der Waals surface area contributed by atoms with E-state index in [1.807, 2.05) is 12.1 Å². The van der Waals surface area contributed by atoms with Crippen LogP contribution >= 0.6 is 0 Å². The zero-order chi connectivity index (χ0) is 12.1. The Morgan fingerprint density at radius 1 is 1.29 bits per heavy atom. The highest BCUT2D eigenvalue weighted by Crippen LogP contribution is 2.19. The smallest absolute Gasteiger partial charge is 0.236 e. The maximum atomic E-state index is 10.6. The van der Waals surface area contributed by atoms with Crippen molar-refractivity contribution in [1.82, 2.24) is 5.43 Å². The van der Waals surface area contributed by atoms with Crippen LogP contribution in [0.15, 0.2) is 29.4 Å². The van der Waals surface area contributed by atoms with Crippen molar-refractivity contribution in [3.63, 3.8) is 0 Å². The molecule has 1 aromatic rings. The molecule has 0 saturated carbocycles. The molecule has 1 heterocycles. The summed E-state index contributed by atoms with van der Waals surface area (Å²) in [5, 5.41) is 3.83. The van der Waals surface area contributed by atoms with Crippen molar-refractivity contribution in [2.75, 3.05) is 18.0 Å². The largest absolute Gasteiger partial charge is 0.372 e. The van der Waals surface area contributed by atoms with E-state index in [9.17, 15) is 4.79 Å². The topological polar surface area (TPSA) is 44.7 Å². The number of hydrogen-bond donors (Lipinski definition) is 1. The predicted octanol–water partition coefficient (Wildman–Crippen LogP) is 1.76. The summed E-state index contributed by atoms with van der Waals surface area (Å²) < 4.78 is 0. The SMILES string of the molecule is CC(=O)N/N=C/c1ccc(N2CCCC2)cc1. The number of carbonyl (C=O) groups is 1. The molecule has 1 fully saturated rings. The van der Waals surface area contributed by atoms with Gasteiger partial charge >= 0.3 is 0 Å². The van der Waals surface area contributed by atoms with E-state index in [4.69, 9.17) is 0 Å². The van der Waals surface area contributed by atoms with Crippen LogP contribution in [0, 0.1) is 0 Å². The maximum absolute atomic E-state index is 10.6. The number of amides is 1. The molecule has 0 radical (unpaired) electrons. The van der Waals surface area contributed by atoms with Crippen LogP contribution in [0.5, 0.6) is 0 Å². The van der Waals surface area contributed by atoms with E-state index in [1.54, 1.807) is 6.21 Å². The Morgan fingerprint density at radius 2 is 1.94 bits per heavy atom. The zero-order valence-corrected chi connectivity index (χ0v) is 10.0. The normalized spacial score (nSPS) is 15.5. The van der Waals surface area contributed by atoms with Crippen LogP contribution in [0.25, 0.3) is 0 Å². The summed E-state index contributed by atoms with van der Waals surface area (Å²) in [7, 11) is 0. The number of nitrogens with zero attached hydrogens (tertiary/aromatic N) is 2. The van der Waals surface area contributed by atoms with Crippen molar-refractivity contribution in [1.29, 1.82) is 0 Å². The average Bonchev–Trinajstić information content (AvgIpc) is 2.83. The van der Waals surface area contributed by atoms with Gasteiger partial charge in [0.05, 0.1) is 6.21 Å². The second kappa shape index (κ2) is 5.48. The van der Waals surface area contributed by atoms with Crippen LogP contribution in [0.3, 0.4) is 0 Å². The van der Waals surface area contributed by atoms with Crippen molar-refractivity contribution in [3.8, 4) is 0 Å². The monoisotopic (exact) mass is 231 g/mol. The van der Waals surface area contributed by atoms with Crippen LogP contribution < -0.4 is 10.3 Å². The molecule has 0 bridgehead atoms. The van der Waals surface area contributed by atoms with Crippen molar-refractivity contribution in [3.05, 3.63) is 29.8 Å². The van der Waals surface area contributed by atoms with Crippen LogP contribution in [0.4, 0.5) is 5.69 Å². The highest BCUT2D eigenvalue weighted by Gasteiger charge is 2.11. The van der Waals surface area contributed by atoms with Gasteiger partial charge in [-0.3, -0.25) is 4.79 Å². The van der Waals surface area contributed by atoms with E-state index < -0.39 is 0 Å².